The Kier molecular flexibility index (Phi) is 2.68. The summed E-state index contributed by atoms with van der Waals surface area (Å²) >= 11 is 0. The maximum atomic E-state index is 12.6. The fraction of sp³-hybridized carbons (Fsp3) is 0.800. The second kappa shape index (κ2) is 3.78. The molecule has 0 amide bonds. The summed E-state index contributed by atoms with van der Waals surface area (Å²) in [5, 5.41) is 2.81. The molecule has 11 heavy (non-hydrogen) atoms. The first-order chi connectivity index (χ1) is 5.34. The van der Waals surface area contributed by atoms with Crippen LogP contribution in [0.15, 0.2) is 10.1 Å². The number of alkyl halides is 1. The van der Waals surface area contributed by atoms with Gasteiger partial charge in [0.05, 0.1) is 6.61 Å². The molecular weight excluding hydrogens is 151 g/mol. The lowest BCUT2D eigenvalue weighted by Gasteiger charge is -2.13. The van der Waals surface area contributed by atoms with E-state index in [0.29, 0.717) is 13.2 Å². The maximum absolute atomic E-state index is 12.6. The first-order valence-electron chi connectivity index (χ1n) is 3.20. The van der Waals surface area contributed by atoms with Gasteiger partial charge in [0, 0.05) is 17.9 Å². The Morgan fingerprint density at radius 1 is 1.82 bits per heavy atom. The summed E-state index contributed by atoms with van der Waals surface area (Å²) in [6.07, 6.45) is -0.979. The van der Waals surface area contributed by atoms with Crippen molar-refractivity contribution in [2.24, 2.45) is 10.1 Å². The van der Waals surface area contributed by atoms with Gasteiger partial charge in [-0.05, 0) is 10.6 Å². The third-order valence-electron chi connectivity index (χ3n) is 1.18. The lowest BCUT2D eigenvalue weighted by atomic mass is 10.4. The Balaban J connectivity index is 2.57. The van der Waals surface area contributed by atoms with E-state index in [1.54, 1.807) is 0 Å². The predicted molar refractivity (Wildman–Crippen MR) is 36.9 cm³/mol. The fourth-order valence-corrected chi connectivity index (χ4v) is 0.715. The number of azide groups is 1. The molecule has 1 atom stereocenters. The number of nitrogens with zero attached hydrogens (tertiary/aromatic N) is 4. The second-order valence-corrected chi connectivity index (χ2v) is 1.96. The van der Waals surface area contributed by atoms with Crippen molar-refractivity contribution in [1.29, 1.82) is 0 Å². The molecule has 0 fully saturated rings. The van der Waals surface area contributed by atoms with Crippen LogP contribution in [0.4, 0.5) is 4.39 Å². The number of ether oxygens (including phenoxy) is 1. The highest BCUT2D eigenvalue weighted by atomic mass is 19.1. The van der Waals surface area contributed by atoms with E-state index in [0.717, 1.165) is 6.42 Å². The van der Waals surface area contributed by atoms with E-state index in [9.17, 15) is 4.39 Å². The molecule has 0 spiro atoms. The van der Waals surface area contributed by atoms with Crippen LogP contribution in [0.2, 0.25) is 0 Å². The minimum absolute atomic E-state index is 0.103. The Morgan fingerprint density at radius 3 is 3.18 bits per heavy atom. The van der Waals surface area contributed by atoms with Crippen LogP contribution >= 0.6 is 0 Å². The molecule has 1 aliphatic heterocycles. The van der Waals surface area contributed by atoms with Gasteiger partial charge in [0.15, 0.2) is 0 Å². The van der Waals surface area contributed by atoms with E-state index in [1.807, 2.05) is 0 Å². The zero-order valence-electron chi connectivity index (χ0n) is 5.77. The van der Waals surface area contributed by atoms with Crippen LogP contribution in [0.1, 0.15) is 6.42 Å². The van der Waals surface area contributed by atoms with Gasteiger partial charge in [0.2, 0.25) is 5.90 Å². The largest absolute Gasteiger partial charge is 0.479 e. The summed E-state index contributed by atoms with van der Waals surface area (Å²) in [6.45, 7) is 0.983. The number of halogens is 1. The van der Waals surface area contributed by atoms with Gasteiger partial charge in [-0.15, -0.1) is 0 Å². The molecule has 0 aromatic heterocycles. The third-order valence-corrected chi connectivity index (χ3v) is 1.18. The minimum Gasteiger partial charge on any atom is -0.479 e. The molecule has 60 valence electrons. The summed E-state index contributed by atoms with van der Waals surface area (Å²) in [5.41, 5.74) is 7.88. The van der Waals surface area contributed by atoms with E-state index in [-0.39, 0.29) is 5.90 Å². The first-order valence-corrected chi connectivity index (χ1v) is 3.20. The summed E-state index contributed by atoms with van der Waals surface area (Å²) in [6, 6.07) is 0. The maximum Gasteiger partial charge on any atom is 0.253 e. The molecule has 0 saturated heterocycles. The average Bonchev–Trinajstić information content (AvgIpc) is 2.07. The monoisotopic (exact) mass is 158 g/mol. The van der Waals surface area contributed by atoms with Gasteiger partial charge in [-0.3, -0.25) is 4.99 Å². The van der Waals surface area contributed by atoms with Crippen LogP contribution in [0.25, 0.3) is 10.4 Å². The predicted octanol–water partition coefficient (Wildman–Crippen LogP) is 1.41. The molecule has 0 N–H and O–H groups in total. The van der Waals surface area contributed by atoms with Crippen molar-refractivity contribution in [1.82, 2.24) is 0 Å². The van der Waals surface area contributed by atoms with Gasteiger partial charge in [-0.25, -0.2) is 4.39 Å². The highest BCUT2D eigenvalue weighted by Crippen LogP contribution is 2.05. The third kappa shape index (κ3) is 2.09. The van der Waals surface area contributed by atoms with Crippen LogP contribution in [0.5, 0.6) is 0 Å². The van der Waals surface area contributed by atoms with Gasteiger partial charge in [0.25, 0.3) is 6.30 Å². The lowest BCUT2D eigenvalue weighted by molar-refractivity contribution is 0.240. The molecule has 6 heteroatoms. The highest BCUT2D eigenvalue weighted by Gasteiger charge is 2.16. The molecule has 0 aromatic rings. The van der Waals surface area contributed by atoms with Crippen molar-refractivity contribution in [3.8, 4) is 0 Å². The van der Waals surface area contributed by atoms with E-state index < -0.39 is 6.30 Å². The number of hydrogen-bond donors (Lipinski definition) is 0. The highest BCUT2D eigenvalue weighted by molar-refractivity contribution is 5.80. The number of rotatable bonds is 2. The molecule has 0 bridgehead atoms. The van der Waals surface area contributed by atoms with Crippen molar-refractivity contribution in [2.45, 2.75) is 12.7 Å². The molecule has 0 aliphatic carbocycles. The standard InChI is InChI=1S/C5H7FN4O/c6-4(9-10-7)5-8-2-1-3-11-5/h4H,1-3H2. The summed E-state index contributed by atoms with van der Waals surface area (Å²) in [4.78, 5) is 6.00. The molecule has 1 unspecified atom stereocenters. The van der Waals surface area contributed by atoms with Crippen LogP contribution in [0, 0.1) is 0 Å². The molecule has 0 radical (unpaired) electrons. The van der Waals surface area contributed by atoms with Gasteiger partial charge in [0.1, 0.15) is 0 Å². The van der Waals surface area contributed by atoms with E-state index >= 15 is 0 Å². The van der Waals surface area contributed by atoms with Crippen molar-refractivity contribution >= 4 is 5.90 Å². The number of hydrogen-bond acceptors (Lipinski definition) is 3. The van der Waals surface area contributed by atoms with Gasteiger partial charge in [-0.1, -0.05) is 0 Å². The molecule has 1 rings (SSSR count). The van der Waals surface area contributed by atoms with E-state index in [4.69, 9.17) is 10.3 Å². The first kappa shape index (κ1) is 7.81. The molecule has 0 aromatic carbocycles. The van der Waals surface area contributed by atoms with Crippen LogP contribution in [0.3, 0.4) is 0 Å². The van der Waals surface area contributed by atoms with Crippen LogP contribution in [-0.4, -0.2) is 25.3 Å². The topological polar surface area (TPSA) is 70.4 Å². The molecule has 1 heterocycles. The lowest BCUT2D eigenvalue weighted by Crippen LogP contribution is -2.21. The van der Waals surface area contributed by atoms with E-state index in [1.165, 1.54) is 0 Å². The SMILES string of the molecule is [N-]=[N+]=NC(F)C1=NCCCO1. The molecular formula is C5H7FN4O. The van der Waals surface area contributed by atoms with Crippen molar-refractivity contribution in [3.63, 3.8) is 0 Å². The average molecular weight is 158 g/mol. The summed E-state index contributed by atoms with van der Waals surface area (Å²) in [7, 11) is 0. The van der Waals surface area contributed by atoms with Gasteiger partial charge < -0.3 is 4.74 Å². The molecule has 1 aliphatic rings. The van der Waals surface area contributed by atoms with Crippen molar-refractivity contribution in [3.05, 3.63) is 10.4 Å². The molecule has 0 saturated carbocycles. The zero-order chi connectivity index (χ0) is 8.10. The van der Waals surface area contributed by atoms with Gasteiger partial charge in [-0.2, -0.15) is 0 Å². The van der Waals surface area contributed by atoms with Gasteiger partial charge >= 0.3 is 0 Å². The minimum atomic E-state index is -1.76. The van der Waals surface area contributed by atoms with E-state index in [2.05, 4.69) is 15.0 Å². The Hall–Kier alpha value is -1.29. The van der Waals surface area contributed by atoms with Crippen LogP contribution in [-0.2, 0) is 4.74 Å². The van der Waals surface area contributed by atoms with Crippen molar-refractivity contribution in [2.75, 3.05) is 13.2 Å². The second-order valence-electron chi connectivity index (χ2n) is 1.96. The summed E-state index contributed by atoms with van der Waals surface area (Å²) in [5.74, 6) is -0.103. The van der Waals surface area contributed by atoms with Crippen molar-refractivity contribution < 1.29 is 9.13 Å². The Labute approximate surface area is 62.5 Å². The smallest absolute Gasteiger partial charge is 0.253 e. The fourth-order valence-electron chi connectivity index (χ4n) is 0.715. The molecule has 5 nitrogen and oxygen atoms in total. The van der Waals surface area contributed by atoms with Crippen LogP contribution < -0.4 is 0 Å². The Bertz CT molecular complexity index is 211. The number of aliphatic imine (C=N–C) groups is 1. The quantitative estimate of drug-likeness (QED) is 0.259. The Morgan fingerprint density at radius 2 is 2.64 bits per heavy atom. The zero-order valence-corrected chi connectivity index (χ0v) is 5.77. The normalized spacial score (nSPS) is 19.2. The summed E-state index contributed by atoms with van der Waals surface area (Å²) < 4.78 is 17.4.